The molecule has 1 aromatic rings. The van der Waals surface area contributed by atoms with Gasteiger partial charge < -0.3 is 14.8 Å². The Balaban J connectivity index is 2.21. The molecule has 0 spiro atoms. The largest absolute Gasteiger partial charge is 0.482 e. The third kappa shape index (κ3) is 7.85. The Bertz CT molecular complexity index is 545. The van der Waals surface area contributed by atoms with Gasteiger partial charge in [0.15, 0.2) is 13.2 Å². The van der Waals surface area contributed by atoms with Gasteiger partial charge in [0.1, 0.15) is 5.75 Å². The molecule has 1 rings (SSSR count). The lowest BCUT2D eigenvalue weighted by Crippen LogP contribution is -2.41. The summed E-state index contributed by atoms with van der Waals surface area (Å²) in [7, 11) is 0. The van der Waals surface area contributed by atoms with Crippen LogP contribution < -0.4 is 15.4 Å². The van der Waals surface area contributed by atoms with Crippen LogP contribution in [-0.4, -0.2) is 37.7 Å². The molecule has 0 bridgehead atoms. The first-order valence-corrected chi connectivity index (χ1v) is 7.44. The first kappa shape index (κ1) is 18.5. The number of hydrogen-bond donors (Lipinski definition) is 2. The molecular weight excluding hydrogens is 300 g/mol. The summed E-state index contributed by atoms with van der Waals surface area (Å²) in [5, 5.41) is 4.59. The van der Waals surface area contributed by atoms with E-state index >= 15 is 0 Å². The van der Waals surface area contributed by atoms with E-state index in [1.54, 1.807) is 12.1 Å². The third-order valence-electron chi connectivity index (χ3n) is 2.87. The number of imide groups is 1. The molecule has 0 radical (unpaired) electrons. The van der Waals surface area contributed by atoms with Crippen LogP contribution in [0.5, 0.6) is 5.75 Å². The Hall–Kier alpha value is -2.57. The number of amides is 3. The van der Waals surface area contributed by atoms with Gasteiger partial charge in [0.25, 0.3) is 5.91 Å². The van der Waals surface area contributed by atoms with Crippen LogP contribution in [0.2, 0.25) is 0 Å². The number of esters is 1. The van der Waals surface area contributed by atoms with Crippen molar-refractivity contribution in [3.63, 3.8) is 0 Å². The molecule has 23 heavy (non-hydrogen) atoms. The van der Waals surface area contributed by atoms with Crippen molar-refractivity contribution >= 4 is 17.9 Å². The number of hydrogen-bond acceptors (Lipinski definition) is 5. The van der Waals surface area contributed by atoms with Crippen molar-refractivity contribution in [2.75, 3.05) is 19.8 Å². The molecule has 7 heteroatoms. The van der Waals surface area contributed by atoms with E-state index < -0.39 is 24.5 Å². The highest BCUT2D eigenvalue weighted by Crippen LogP contribution is 2.15. The van der Waals surface area contributed by atoms with E-state index in [-0.39, 0.29) is 6.61 Å². The van der Waals surface area contributed by atoms with Crippen LogP contribution in [0.4, 0.5) is 4.79 Å². The van der Waals surface area contributed by atoms with E-state index in [4.69, 9.17) is 9.47 Å². The first-order chi connectivity index (χ1) is 11.0. The minimum absolute atomic E-state index is 0.305. The van der Waals surface area contributed by atoms with Gasteiger partial charge in [0, 0.05) is 6.54 Å². The van der Waals surface area contributed by atoms with Crippen LogP contribution in [0.25, 0.3) is 0 Å². The highest BCUT2D eigenvalue weighted by molar-refractivity contribution is 5.95. The van der Waals surface area contributed by atoms with E-state index in [0.29, 0.717) is 12.3 Å². The molecule has 1 aromatic carbocycles. The zero-order valence-corrected chi connectivity index (χ0v) is 13.4. The van der Waals surface area contributed by atoms with Crippen molar-refractivity contribution in [2.45, 2.75) is 26.7 Å². The average molecular weight is 322 g/mol. The highest BCUT2D eigenvalue weighted by atomic mass is 16.6. The molecule has 0 saturated carbocycles. The summed E-state index contributed by atoms with van der Waals surface area (Å²) in [6, 6.07) is 6.63. The zero-order valence-electron chi connectivity index (χ0n) is 13.4. The topological polar surface area (TPSA) is 93.7 Å². The number of urea groups is 1. The van der Waals surface area contributed by atoms with E-state index in [1.807, 2.05) is 26.0 Å². The van der Waals surface area contributed by atoms with Gasteiger partial charge in [-0.15, -0.1) is 0 Å². The number of nitrogens with one attached hydrogen (secondary N) is 2. The molecule has 0 saturated heterocycles. The van der Waals surface area contributed by atoms with E-state index in [9.17, 15) is 14.4 Å². The van der Waals surface area contributed by atoms with Crippen LogP contribution in [0, 0.1) is 6.92 Å². The predicted octanol–water partition coefficient (Wildman–Crippen LogP) is 1.54. The van der Waals surface area contributed by atoms with Crippen LogP contribution >= 0.6 is 0 Å². The number of rotatable bonds is 8. The van der Waals surface area contributed by atoms with Gasteiger partial charge in [0.05, 0.1) is 0 Å². The monoisotopic (exact) mass is 322 g/mol. The Kier molecular flexibility index (Phi) is 8.20. The fourth-order valence-electron chi connectivity index (χ4n) is 1.63. The lowest BCUT2D eigenvalue weighted by molar-refractivity contribution is -0.150. The molecule has 0 aromatic heterocycles. The number of ether oxygens (including phenoxy) is 2. The van der Waals surface area contributed by atoms with Crippen molar-refractivity contribution in [3.05, 3.63) is 29.8 Å². The molecule has 0 aliphatic rings. The molecule has 2 N–H and O–H groups in total. The third-order valence-corrected chi connectivity index (χ3v) is 2.87. The minimum atomic E-state index is -0.691. The van der Waals surface area contributed by atoms with Gasteiger partial charge in [0.2, 0.25) is 0 Å². The van der Waals surface area contributed by atoms with Crippen LogP contribution in [0.1, 0.15) is 25.3 Å². The highest BCUT2D eigenvalue weighted by Gasteiger charge is 2.11. The van der Waals surface area contributed by atoms with Crippen molar-refractivity contribution < 1.29 is 23.9 Å². The van der Waals surface area contributed by atoms with Gasteiger partial charge in [-0.25, -0.2) is 9.59 Å². The smallest absolute Gasteiger partial charge is 0.344 e. The van der Waals surface area contributed by atoms with E-state index in [1.165, 1.54) is 0 Å². The van der Waals surface area contributed by atoms with Crippen LogP contribution in [0.3, 0.4) is 0 Å². The predicted molar refractivity (Wildman–Crippen MR) is 84.1 cm³/mol. The van der Waals surface area contributed by atoms with E-state index in [2.05, 4.69) is 10.6 Å². The number of carbonyl (C=O) groups excluding carboxylic acids is 3. The average Bonchev–Trinajstić information content (AvgIpc) is 2.52. The van der Waals surface area contributed by atoms with Crippen LogP contribution in [-0.2, 0) is 14.3 Å². The maximum Gasteiger partial charge on any atom is 0.344 e. The number of para-hydroxylation sites is 1. The van der Waals surface area contributed by atoms with Gasteiger partial charge in [-0.2, -0.15) is 0 Å². The summed E-state index contributed by atoms with van der Waals surface area (Å²) in [6.07, 6.45) is 1.76. The molecule has 7 nitrogen and oxygen atoms in total. The zero-order chi connectivity index (χ0) is 17.1. The lowest BCUT2D eigenvalue weighted by Gasteiger charge is -2.09. The van der Waals surface area contributed by atoms with Gasteiger partial charge in [-0.05, 0) is 25.0 Å². The Morgan fingerprint density at radius 1 is 1.13 bits per heavy atom. The fraction of sp³-hybridized carbons (Fsp3) is 0.438. The van der Waals surface area contributed by atoms with Crippen molar-refractivity contribution in [2.24, 2.45) is 0 Å². The van der Waals surface area contributed by atoms with Crippen molar-refractivity contribution in [1.82, 2.24) is 10.6 Å². The molecule has 126 valence electrons. The fourth-order valence-corrected chi connectivity index (χ4v) is 1.63. The number of benzene rings is 1. The Labute approximate surface area is 135 Å². The number of carbonyl (C=O) groups is 3. The maximum atomic E-state index is 11.5. The summed E-state index contributed by atoms with van der Waals surface area (Å²) in [5.41, 5.74) is 0.891. The first-order valence-electron chi connectivity index (χ1n) is 7.44. The summed E-state index contributed by atoms with van der Waals surface area (Å²) in [4.78, 5) is 34.2. The standard InChI is InChI=1S/C16H22N2O5/c1-3-4-9-17-16(21)18-14(19)10-23-15(20)11-22-13-8-6-5-7-12(13)2/h5-8H,3-4,9-11H2,1-2H3,(H2,17,18,19,21). The van der Waals surface area contributed by atoms with Gasteiger partial charge >= 0.3 is 12.0 Å². The second-order valence-electron chi connectivity index (χ2n) is 4.87. The Morgan fingerprint density at radius 3 is 2.57 bits per heavy atom. The SMILES string of the molecule is CCCCNC(=O)NC(=O)COC(=O)COc1ccccc1C. The van der Waals surface area contributed by atoms with Crippen molar-refractivity contribution in [3.8, 4) is 5.75 Å². The molecule has 0 unspecified atom stereocenters. The quantitative estimate of drug-likeness (QED) is 0.559. The van der Waals surface area contributed by atoms with Gasteiger partial charge in [-0.3, -0.25) is 10.1 Å². The minimum Gasteiger partial charge on any atom is -0.482 e. The molecule has 0 heterocycles. The number of unbranched alkanes of at least 4 members (excludes halogenated alkanes) is 1. The molecular formula is C16H22N2O5. The molecule has 0 atom stereocenters. The molecule has 0 aliphatic heterocycles. The second-order valence-corrected chi connectivity index (χ2v) is 4.87. The van der Waals surface area contributed by atoms with E-state index in [0.717, 1.165) is 18.4 Å². The van der Waals surface area contributed by atoms with Gasteiger partial charge in [-0.1, -0.05) is 31.5 Å². The molecule has 3 amide bonds. The molecule has 0 aliphatic carbocycles. The summed E-state index contributed by atoms with van der Waals surface area (Å²) in [6.45, 7) is 3.49. The molecule has 0 fully saturated rings. The summed E-state index contributed by atoms with van der Waals surface area (Å²) >= 11 is 0. The maximum absolute atomic E-state index is 11.5. The normalized spacial score (nSPS) is 9.83. The van der Waals surface area contributed by atoms with Crippen LogP contribution in [0.15, 0.2) is 24.3 Å². The summed E-state index contributed by atoms with van der Waals surface area (Å²) in [5.74, 6) is -0.803. The lowest BCUT2D eigenvalue weighted by atomic mass is 10.2. The Morgan fingerprint density at radius 2 is 1.87 bits per heavy atom. The summed E-state index contributed by atoms with van der Waals surface area (Å²) < 4.78 is 10.0. The van der Waals surface area contributed by atoms with Crippen molar-refractivity contribution in [1.29, 1.82) is 0 Å². The number of aryl methyl sites for hydroxylation is 1. The second kappa shape index (κ2) is 10.2.